The third kappa shape index (κ3) is 5.14. The van der Waals surface area contributed by atoms with Crippen LogP contribution in [0.2, 0.25) is 0 Å². The number of hydrogen-bond acceptors (Lipinski definition) is 5. The third-order valence-corrected chi connectivity index (χ3v) is 7.50. The molecule has 8 heteroatoms. The maximum Gasteiger partial charge on any atom is 0.243 e. The third-order valence-electron chi connectivity index (χ3n) is 5.66. The minimum atomic E-state index is -3.70. The summed E-state index contributed by atoms with van der Waals surface area (Å²) in [4.78, 5) is 0.301. The summed E-state index contributed by atoms with van der Waals surface area (Å²) < 4.78 is 41.3. The van der Waals surface area contributed by atoms with Gasteiger partial charge in [0.25, 0.3) is 0 Å². The van der Waals surface area contributed by atoms with Crippen molar-refractivity contribution < 1.29 is 17.9 Å². The zero-order valence-corrected chi connectivity index (χ0v) is 20.1. The van der Waals surface area contributed by atoms with Crippen molar-refractivity contribution in [2.75, 3.05) is 20.8 Å². The lowest BCUT2D eigenvalue weighted by molar-refractivity contribution is 0.354. The maximum absolute atomic E-state index is 13.6. The van der Waals surface area contributed by atoms with E-state index in [1.165, 1.54) is 4.31 Å². The molecule has 0 unspecified atom stereocenters. The number of nitrogens with zero attached hydrogens (tertiary/aromatic N) is 3. The van der Waals surface area contributed by atoms with Gasteiger partial charge >= 0.3 is 0 Å². The summed E-state index contributed by atoms with van der Waals surface area (Å²) in [5, 5.41) is 4.29. The second kappa shape index (κ2) is 10.2. The number of rotatable bonds is 10. The van der Waals surface area contributed by atoms with Gasteiger partial charge in [0.2, 0.25) is 10.0 Å². The molecule has 172 valence electrons. The Morgan fingerprint density at radius 3 is 2.38 bits per heavy atom. The molecule has 3 aromatic rings. The van der Waals surface area contributed by atoms with Gasteiger partial charge in [-0.05, 0) is 74.2 Å². The molecule has 0 aliphatic rings. The lowest BCUT2D eigenvalue weighted by Gasteiger charge is -2.23. The molecule has 0 amide bonds. The molecule has 0 saturated carbocycles. The Morgan fingerprint density at radius 2 is 1.72 bits per heavy atom. The van der Waals surface area contributed by atoms with Gasteiger partial charge in [-0.25, -0.2) is 8.42 Å². The fraction of sp³-hybridized carbons (Fsp3) is 0.375. The predicted molar refractivity (Wildman–Crippen MR) is 125 cm³/mol. The largest absolute Gasteiger partial charge is 0.493 e. The molecule has 0 saturated heterocycles. The molecule has 1 aromatic heterocycles. The first kappa shape index (κ1) is 23.8. The number of sulfonamides is 1. The van der Waals surface area contributed by atoms with Gasteiger partial charge in [-0.2, -0.15) is 9.40 Å². The molecule has 0 spiro atoms. The first-order chi connectivity index (χ1) is 15.3. The van der Waals surface area contributed by atoms with E-state index < -0.39 is 10.0 Å². The summed E-state index contributed by atoms with van der Waals surface area (Å²) >= 11 is 0. The summed E-state index contributed by atoms with van der Waals surface area (Å²) in [5.41, 5.74) is 3.83. The molecule has 2 aromatic carbocycles. The van der Waals surface area contributed by atoms with Crippen molar-refractivity contribution in [3.05, 3.63) is 71.0 Å². The number of aromatic nitrogens is 2. The molecule has 32 heavy (non-hydrogen) atoms. The summed E-state index contributed by atoms with van der Waals surface area (Å²) in [7, 11) is -0.527. The number of aryl methyl sites for hydroxylation is 3. The minimum absolute atomic E-state index is 0.246. The van der Waals surface area contributed by atoms with Crippen molar-refractivity contribution >= 4 is 10.0 Å². The Hall–Kier alpha value is -2.84. The van der Waals surface area contributed by atoms with Crippen LogP contribution in [0.25, 0.3) is 0 Å². The summed E-state index contributed by atoms with van der Waals surface area (Å²) in [6.07, 6.45) is 2.23. The van der Waals surface area contributed by atoms with Crippen molar-refractivity contribution in [2.45, 2.75) is 45.2 Å². The highest BCUT2D eigenvalue weighted by molar-refractivity contribution is 7.89. The Kier molecular flexibility index (Phi) is 7.58. The van der Waals surface area contributed by atoms with Crippen LogP contribution in [0, 0.1) is 13.8 Å². The van der Waals surface area contributed by atoms with Gasteiger partial charge in [0, 0.05) is 19.3 Å². The van der Waals surface area contributed by atoms with Crippen molar-refractivity contribution in [2.24, 2.45) is 0 Å². The Labute approximate surface area is 190 Å². The molecule has 0 aliphatic heterocycles. The zero-order chi connectivity index (χ0) is 23.3. The fourth-order valence-corrected chi connectivity index (χ4v) is 5.06. The van der Waals surface area contributed by atoms with Crippen LogP contribution < -0.4 is 9.47 Å². The standard InChI is InChI=1S/C24H31N3O4S/c1-6-27-21(11-13-25-27)17-26(32(28,29)22-9-7-18(2)19(3)15-22)14-12-20-8-10-23(30-4)24(16-20)31-5/h7-11,13,15-16H,6,12,14,17H2,1-5H3. The highest BCUT2D eigenvalue weighted by atomic mass is 32.2. The van der Waals surface area contributed by atoms with E-state index in [2.05, 4.69) is 5.10 Å². The van der Waals surface area contributed by atoms with Gasteiger partial charge in [-0.3, -0.25) is 4.68 Å². The first-order valence-electron chi connectivity index (χ1n) is 10.6. The number of hydrogen-bond donors (Lipinski definition) is 0. The lowest BCUT2D eigenvalue weighted by atomic mass is 10.1. The highest BCUT2D eigenvalue weighted by Crippen LogP contribution is 2.28. The molecular weight excluding hydrogens is 426 g/mol. The van der Waals surface area contributed by atoms with Gasteiger partial charge in [0.1, 0.15) is 0 Å². The SMILES string of the molecule is CCn1nccc1CN(CCc1ccc(OC)c(OC)c1)S(=O)(=O)c1ccc(C)c(C)c1. The van der Waals surface area contributed by atoms with Crippen molar-refractivity contribution in [1.29, 1.82) is 0 Å². The van der Waals surface area contributed by atoms with Crippen LogP contribution >= 0.6 is 0 Å². The van der Waals surface area contributed by atoms with E-state index in [1.807, 2.05) is 55.8 Å². The van der Waals surface area contributed by atoms with Crippen LogP contribution in [0.3, 0.4) is 0 Å². The molecular formula is C24H31N3O4S. The molecule has 0 fully saturated rings. The summed E-state index contributed by atoms with van der Waals surface area (Å²) in [6.45, 7) is 7.13. The van der Waals surface area contributed by atoms with E-state index in [1.54, 1.807) is 32.5 Å². The van der Waals surface area contributed by atoms with E-state index >= 15 is 0 Å². The molecule has 0 radical (unpaired) electrons. The van der Waals surface area contributed by atoms with Crippen LogP contribution in [0.15, 0.2) is 53.6 Å². The van der Waals surface area contributed by atoms with Crippen LogP contribution in [0.5, 0.6) is 11.5 Å². The molecule has 3 rings (SSSR count). The van der Waals surface area contributed by atoms with Crippen LogP contribution in [0.1, 0.15) is 29.3 Å². The van der Waals surface area contributed by atoms with Gasteiger partial charge in [-0.15, -0.1) is 0 Å². The molecule has 7 nitrogen and oxygen atoms in total. The Morgan fingerprint density at radius 1 is 0.969 bits per heavy atom. The molecule has 0 atom stereocenters. The van der Waals surface area contributed by atoms with Crippen molar-refractivity contribution in [1.82, 2.24) is 14.1 Å². The maximum atomic E-state index is 13.6. The topological polar surface area (TPSA) is 73.7 Å². The summed E-state index contributed by atoms with van der Waals surface area (Å²) in [6, 6.07) is 12.8. The van der Waals surface area contributed by atoms with Crippen LogP contribution in [0.4, 0.5) is 0 Å². The quantitative estimate of drug-likeness (QED) is 0.461. The normalized spacial score (nSPS) is 11.7. The van der Waals surface area contributed by atoms with Gasteiger partial charge in [0.15, 0.2) is 11.5 Å². The smallest absolute Gasteiger partial charge is 0.243 e. The Bertz CT molecular complexity index is 1170. The second-order valence-electron chi connectivity index (χ2n) is 7.66. The predicted octanol–water partition coefficient (Wildman–Crippen LogP) is 3.97. The van der Waals surface area contributed by atoms with Gasteiger partial charge < -0.3 is 9.47 Å². The van der Waals surface area contributed by atoms with E-state index in [-0.39, 0.29) is 6.54 Å². The average Bonchev–Trinajstić information content (AvgIpc) is 3.25. The first-order valence-corrected chi connectivity index (χ1v) is 12.0. The Balaban J connectivity index is 1.92. The van der Waals surface area contributed by atoms with E-state index in [0.29, 0.717) is 35.9 Å². The molecule has 0 bridgehead atoms. The van der Waals surface area contributed by atoms with Crippen LogP contribution in [-0.2, 0) is 29.5 Å². The minimum Gasteiger partial charge on any atom is -0.493 e. The lowest BCUT2D eigenvalue weighted by Crippen LogP contribution is -2.33. The zero-order valence-electron chi connectivity index (χ0n) is 19.3. The molecule has 0 aliphatic carbocycles. The number of methoxy groups -OCH3 is 2. The monoisotopic (exact) mass is 457 g/mol. The number of ether oxygens (including phenoxy) is 2. The second-order valence-corrected chi connectivity index (χ2v) is 9.60. The highest BCUT2D eigenvalue weighted by Gasteiger charge is 2.26. The van der Waals surface area contributed by atoms with Gasteiger partial charge in [-0.1, -0.05) is 12.1 Å². The molecule has 1 heterocycles. The van der Waals surface area contributed by atoms with E-state index in [0.717, 1.165) is 22.4 Å². The number of benzene rings is 2. The van der Waals surface area contributed by atoms with Crippen molar-refractivity contribution in [3.8, 4) is 11.5 Å². The van der Waals surface area contributed by atoms with Gasteiger partial charge in [0.05, 0.1) is 31.4 Å². The fourth-order valence-electron chi connectivity index (χ4n) is 3.56. The van der Waals surface area contributed by atoms with E-state index in [4.69, 9.17) is 9.47 Å². The summed E-state index contributed by atoms with van der Waals surface area (Å²) in [5.74, 6) is 1.26. The van der Waals surface area contributed by atoms with E-state index in [9.17, 15) is 8.42 Å². The molecule has 0 N–H and O–H groups in total. The van der Waals surface area contributed by atoms with Crippen LogP contribution in [-0.4, -0.2) is 43.3 Å². The van der Waals surface area contributed by atoms with Crippen molar-refractivity contribution in [3.63, 3.8) is 0 Å². The average molecular weight is 458 g/mol.